The molecule has 56 heavy (non-hydrogen) atoms. The van der Waals surface area contributed by atoms with Gasteiger partial charge in [-0.25, -0.2) is 9.59 Å². The van der Waals surface area contributed by atoms with Gasteiger partial charge in [0.2, 0.25) is 0 Å². The fraction of sp³-hybridized carbons (Fsp3) is 0.200. The Balaban J connectivity index is 0.000000331. The number of ether oxygens (including phenoxy) is 2. The first-order chi connectivity index (χ1) is 27.0. The molecule has 0 aliphatic rings. The molecule has 0 saturated carbocycles. The first kappa shape index (κ1) is 43.0. The van der Waals surface area contributed by atoms with Crippen LogP contribution in [0.5, 0.6) is 0 Å². The summed E-state index contributed by atoms with van der Waals surface area (Å²) in [7, 11) is 2.24. The molecule has 0 fully saturated rings. The van der Waals surface area contributed by atoms with Crippen LogP contribution in [0.1, 0.15) is 33.4 Å². The van der Waals surface area contributed by atoms with Gasteiger partial charge in [-0.15, -0.1) is 0 Å². The molecule has 292 valence electrons. The van der Waals surface area contributed by atoms with Gasteiger partial charge in [-0.2, -0.15) is 0 Å². The summed E-state index contributed by atoms with van der Waals surface area (Å²) in [4.78, 5) is 92.5. The van der Waals surface area contributed by atoms with Crippen LogP contribution in [0.4, 0.5) is 0 Å². The topological polar surface area (TPSA) is 227 Å². The third-order valence-electron chi connectivity index (χ3n) is 7.54. The summed E-state index contributed by atoms with van der Waals surface area (Å²) in [5, 5.41) is 15.1. The molecule has 0 saturated heterocycles. The lowest BCUT2D eigenvalue weighted by molar-refractivity contribution is -0.152. The summed E-state index contributed by atoms with van der Waals surface area (Å²) < 4.78 is 8.56. The molecule has 16 nitrogen and oxygen atoms in total. The molecule has 0 atom stereocenters. The van der Waals surface area contributed by atoms with Crippen LogP contribution >= 0.6 is 0 Å². The smallest absolute Gasteiger partial charge is 0.396 e. The quantitative estimate of drug-likeness (QED) is 0.0879. The number of nitrogens with one attached hydrogen (secondary N) is 6. The molecule has 0 aliphatic carbocycles. The monoisotopic (exact) mass is 766 g/mol. The van der Waals surface area contributed by atoms with Crippen LogP contribution in [-0.2, 0) is 87.1 Å². The van der Waals surface area contributed by atoms with Gasteiger partial charge in [0.15, 0.2) is 0 Å². The van der Waals surface area contributed by atoms with E-state index in [1.54, 1.807) is 48.5 Å². The SMILES string of the molecule is COC(=O)C(=O)NCc1cccc(CNC(=O)C(=O)OC)c1.O=C(NCc1ccccc1)C(=O)NCc1cccc(CNC(=O)C(=O)NCc2ccccc2)c1. The highest BCUT2D eigenvalue weighted by Crippen LogP contribution is 2.07. The molecule has 0 spiro atoms. The van der Waals surface area contributed by atoms with Crippen LogP contribution in [0.15, 0.2) is 109 Å². The summed E-state index contributed by atoms with van der Waals surface area (Å²) in [6.07, 6.45) is 0. The van der Waals surface area contributed by atoms with Gasteiger partial charge in [0.05, 0.1) is 14.2 Å². The minimum absolute atomic E-state index is 0.132. The Morgan fingerprint density at radius 1 is 0.339 bits per heavy atom. The minimum Gasteiger partial charge on any atom is -0.462 e. The molecule has 16 heteroatoms. The summed E-state index contributed by atoms with van der Waals surface area (Å²) >= 11 is 0. The maximum absolute atomic E-state index is 12.1. The van der Waals surface area contributed by atoms with E-state index in [0.29, 0.717) is 0 Å². The van der Waals surface area contributed by atoms with Gasteiger partial charge in [0, 0.05) is 39.3 Å². The fourth-order valence-electron chi connectivity index (χ4n) is 4.64. The third-order valence-corrected chi connectivity index (χ3v) is 7.54. The third kappa shape index (κ3) is 15.7. The Bertz CT molecular complexity index is 1860. The summed E-state index contributed by atoms with van der Waals surface area (Å²) in [5.41, 5.74) is 4.75. The molecule has 0 aliphatic heterocycles. The number of rotatable bonds is 12. The van der Waals surface area contributed by atoms with Gasteiger partial charge in [0.25, 0.3) is 0 Å². The Morgan fingerprint density at radius 2 is 0.571 bits per heavy atom. The van der Waals surface area contributed by atoms with Crippen molar-refractivity contribution in [1.29, 1.82) is 0 Å². The van der Waals surface area contributed by atoms with Crippen molar-refractivity contribution in [1.82, 2.24) is 31.9 Å². The molecule has 4 aromatic rings. The van der Waals surface area contributed by atoms with Crippen LogP contribution in [0.3, 0.4) is 0 Å². The van der Waals surface area contributed by atoms with Gasteiger partial charge >= 0.3 is 47.4 Å². The normalized spacial score (nSPS) is 9.89. The van der Waals surface area contributed by atoms with E-state index in [1.165, 1.54) is 0 Å². The van der Waals surface area contributed by atoms with Crippen molar-refractivity contribution < 1.29 is 47.8 Å². The largest absolute Gasteiger partial charge is 0.462 e. The van der Waals surface area contributed by atoms with E-state index in [0.717, 1.165) is 47.6 Å². The van der Waals surface area contributed by atoms with E-state index in [-0.39, 0.29) is 39.3 Å². The van der Waals surface area contributed by atoms with Crippen molar-refractivity contribution in [3.63, 3.8) is 0 Å². The minimum atomic E-state index is -0.971. The average molecular weight is 767 g/mol. The zero-order valence-corrected chi connectivity index (χ0v) is 30.7. The van der Waals surface area contributed by atoms with Crippen molar-refractivity contribution in [3.8, 4) is 0 Å². The van der Waals surface area contributed by atoms with Gasteiger partial charge in [0.1, 0.15) is 0 Å². The van der Waals surface area contributed by atoms with E-state index in [9.17, 15) is 38.4 Å². The van der Waals surface area contributed by atoms with Gasteiger partial charge in [-0.3, -0.25) is 28.8 Å². The van der Waals surface area contributed by atoms with E-state index in [2.05, 4.69) is 41.4 Å². The van der Waals surface area contributed by atoms with Crippen molar-refractivity contribution in [2.24, 2.45) is 0 Å². The Labute approximate surface area is 322 Å². The summed E-state index contributed by atoms with van der Waals surface area (Å²) in [5.74, 6) is -6.51. The van der Waals surface area contributed by atoms with E-state index in [1.807, 2.05) is 60.7 Å². The predicted molar refractivity (Wildman–Crippen MR) is 201 cm³/mol. The zero-order chi connectivity index (χ0) is 40.7. The lowest BCUT2D eigenvalue weighted by atomic mass is 10.1. The lowest BCUT2D eigenvalue weighted by Gasteiger charge is -2.09. The summed E-state index contributed by atoms with van der Waals surface area (Å²) in [6.45, 7) is 1.09. The Hall–Kier alpha value is -7.36. The van der Waals surface area contributed by atoms with Crippen molar-refractivity contribution in [3.05, 3.63) is 143 Å². The zero-order valence-electron chi connectivity index (χ0n) is 30.7. The molecule has 6 amide bonds. The van der Waals surface area contributed by atoms with Gasteiger partial charge in [-0.05, 0) is 33.4 Å². The molecule has 0 unspecified atom stereocenters. The van der Waals surface area contributed by atoms with Crippen LogP contribution in [0.25, 0.3) is 0 Å². The highest BCUT2D eigenvalue weighted by atomic mass is 16.5. The highest BCUT2D eigenvalue weighted by molar-refractivity contribution is 6.35. The second-order valence-electron chi connectivity index (χ2n) is 11.7. The van der Waals surface area contributed by atoms with E-state index >= 15 is 0 Å². The number of carbonyl (C=O) groups excluding carboxylic acids is 8. The number of hydrogen-bond acceptors (Lipinski definition) is 10. The highest BCUT2D eigenvalue weighted by Gasteiger charge is 2.16. The maximum atomic E-state index is 12.1. The van der Waals surface area contributed by atoms with Gasteiger partial charge in [-0.1, -0.05) is 109 Å². The second-order valence-corrected chi connectivity index (χ2v) is 11.7. The maximum Gasteiger partial charge on any atom is 0.396 e. The summed E-state index contributed by atoms with van der Waals surface area (Å²) in [6, 6.07) is 32.6. The standard InChI is InChI=1S/C26H26N4O4.C14H16N2O6/c31-23(27-15-19-8-3-1-4-9-19)25(33)29-17-21-12-7-13-22(14-21)18-30-26(34)24(32)28-16-20-10-5-2-6-11-20;1-21-13(19)11(17)15-7-9-4-3-5-10(6-9)8-16-12(18)14(20)22-2/h1-14H,15-18H2,(H,27,31)(H,28,32)(H,29,33)(H,30,34);3-6H,7-8H2,1-2H3,(H,15,17)(H,16,18). The molecule has 0 radical (unpaired) electrons. The molecule has 4 aromatic carbocycles. The molecular formula is C40H42N6O10. The number of amides is 6. The van der Waals surface area contributed by atoms with Gasteiger partial charge < -0.3 is 41.4 Å². The van der Waals surface area contributed by atoms with Crippen LogP contribution in [0, 0.1) is 0 Å². The lowest BCUT2D eigenvalue weighted by Crippen LogP contribution is -2.39. The van der Waals surface area contributed by atoms with Crippen LogP contribution in [0.2, 0.25) is 0 Å². The molecule has 6 N–H and O–H groups in total. The molecular weight excluding hydrogens is 724 g/mol. The van der Waals surface area contributed by atoms with E-state index < -0.39 is 47.4 Å². The van der Waals surface area contributed by atoms with Crippen LogP contribution < -0.4 is 31.9 Å². The number of benzene rings is 4. The first-order valence-electron chi connectivity index (χ1n) is 17.1. The van der Waals surface area contributed by atoms with E-state index in [4.69, 9.17) is 0 Å². The number of hydrogen-bond donors (Lipinski definition) is 6. The fourth-order valence-corrected chi connectivity index (χ4v) is 4.64. The number of esters is 2. The first-order valence-corrected chi connectivity index (χ1v) is 17.1. The second kappa shape index (κ2) is 23.3. The van der Waals surface area contributed by atoms with Crippen LogP contribution in [-0.4, -0.2) is 61.6 Å². The Morgan fingerprint density at radius 3 is 0.839 bits per heavy atom. The molecule has 4 rings (SSSR count). The van der Waals surface area contributed by atoms with Crippen molar-refractivity contribution >= 4 is 47.4 Å². The Kier molecular flexibility index (Phi) is 17.9. The van der Waals surface area contributed by atoms with Crippen molar-refractivity contribution in [2.45, 2.75) is 39.3 Å². The van der Waals surface area contributed by atoms with Crippen molar-refractivity contribution in [2.75, 3.05) is 14.2 Å². The predicted octanol–water partition coefficient (Wildman–Crippen LogP) is 0.817. The molecule has 0 aromatic heterocycles. The average Bonchev–Trinajstić information content (AvgIpc) is 3.24. The number of methoxy groups -OCH3 is 2. The molecule has 0 heterocycles. The molecule has 0 bridgehead atoms. The number of carbonyl (C=O) groups is 8.